The summed E-state index contributed by atoms with van der Waals surface area (Å²) >= 11 is 1.10. The van der Waals surface area contributed by atoms with Gasteiger partial charge in [-0.25, -0.2) is 4.79 Å². The maximum absolute atomic E-state index is 12.5. The third kappa shape index (κ3) is 6.14. The Kier molecular flexibility index (Phi) is 7.26. The van der Waals surface area contributed by atoms with E-state index in [9.17, 15) is 24.0 Å². The molecule has 1 atom stereocenters. The van der Waals surface area contributed by atoms with E-state index >= 15 is 0 Å². The summed E-state index contributed by atoms with van der Waals surface area (Å²) in [6.07, 6.45) is -1.20. The first-order valence-corrected chi connectivity index (χ1v) is 9.54. The van der Waals surface area contributed by atoms with Crippen molar-refractivity contribution in [2.45, 2.75) is 26.9 Å². The molecular formula is C19H20N4O6S. The Balaban J connectivity index is 2.15. The van der Waals surface area contributed by atoms with Crippen molar-refractivity contribution in [3.05, 3.63) is 40.8 Å². The third-order valence-electron chi connectivity index (χ3n) is 3.63. The van der Waals surface area contributed by atoms with Crippen LogP contribution in [-0.4, -0.2) is 35.7 Å². The molecule has 0 saturated heterocycles. The van der Waals surface area contributed by atoms with E-state index in [1.807, 2.05) is 0 Å². The van der Waals surface area contributed by atoms with Crippen LogP contribution >= 0.6 is 11.3 Å². The molecule has 1 aromatic carbocycles. The molecule has 10 nitrogen and oxygen atoms in total. The highest BCUT2D eigenvalue weighted by Gasteiger charge is 2.22. The minimum absolute atomic E-state index is 0.0126. The largest absolute Gasteiger partial charge is 0.449 e. The van der Waals surface area contributed by atoms with Gasteiger partial charge in [-0.3, -0.25) is 19.2 Å². The van der Waals surface area contributed by atoms with Crippen LogP contribution in [0.15, 0.2) is 29.6 Å². The van der Waals surface area contributed by atoms with E-state index in [4.69, 9.17) is 10.5 Å². The first kappa shape index (κ1) is 22.6. The number of nitrogens with one attached hydrogen (secondary N) is 3. The topological polar surface area (TPSA) is 157 Å². The van der Waals surface area contributed by atoms with Crippen molar-refractivity contribution in [3.8, 4) is 0 Å². The summed E-state index contributed by atoms with van der Waals surface area (Å²) in [6.45, 7) is 3.94. The molecule has 30 heavy (non-hydrogen) atoms. The van der Waals surface area contributed by atoms with Gasteiger partial charge in [0.15, 0.2) is 6.10 Å². The van der Waals surface area contributed by atoms with E-state index in [2.05, 4.69) is 16.0 Å². The Morgan fingerprint density at radius 1 is 0.967 bits per heavy atom. The zero-order chi connectivity index (χ0) is 22.4. The molecule has 2 rings (SSSR count). The number of nitrogens with two attached hydrogens (primary N) is 1. The first-order chi connectivity index (χ1) is 14.1. The Labute approximate surface area is 175 Å². The standard InChI is InChI=1S/C19H20N4O6S/c1-9(17(27)23-18-15(16(20)26)4-5-30-18)29-19(28)12-6-13(21-10(2)24)8-14(7-12)22-11(3)25/h4-9H,1-3H3,(H2,20,26)(H,21,24)(H,22,25)(H,23,27). The van der Waals surface area contributed by atoms with Crippen molar-refractivity contribution in [1.82, 2.24) is 0 Å². The number of rotatable bonds is 7. The fraction of sp³-hybridized carbons (Fsp3) is 0.211. The minimum Gasteiger partial charge on any atom is -0.449 e. The summed E-state index contributed by atoms with van der Waals surface area (Å²) in [5.41, 5.74) is 5.93. The number of esters is 1. The fourth-order valence-electron chi connectivity index (χ4n) is 2.39. The van der Waals surface area contributed by atoms with Gasteiger partial charge in [0.25, 0.3) is 11.8 Å². The number of amides is 4. The van der Waals surface area contributed by atoms with Crippen LogP contribution in [0.5, 0.6) is 0 Å². The number of thiophene rings is 1. The second-order valence-electron chi connectivity index (χ2n) is 6.23. The average Bonchev–Trinajstić information content (AvgIpc) is 3.08. The number of carbonyl (C=O) groups is 5. The molecule has 0 bridgehead atoms. The van der Waals surface area contributed by atoms with E-state index in [0.717, 1.165) is 11.3 Å². The van der Waals surface area contributed by atoms with Gasteiger partial charge in [-0.15, -0.1) is 11.3 Å². The van der Waals surface area contributed by atoms with Gasteiger partial charge in [0.05, 0.1) is 11.1 Å². The number of anilines is 3. The molecule has 1 aromatic heterocycles. The van der Waals surface area contributed by atoms with Crippen LogP contribution < -0.4 is 21.7 Å². The summed E-state index contributed by atoms with van der Waals surface area (Å²) < 4.78 is 5.18. The second-order valence-corrected chi connectivity index (χ2v) is 7.14. The zero-order valence-corrected chi connectivity index (χ0v) is 17.2. The summed E-state index contributed by atoms with van der Waals surface area (Å²) in [7, 11) is 0. The van der Waals surface area contributed by atoms with Gasteiger partial charge in [0.2, 0.25) is 11.8 Å². The number of ether oxygens (including phenoxy) is 1. The molecule has 2 aromatic rings. The molecular weight excluding hydrogens is 412 g/mol. The smallest absolute Gasteiger partial charge is 0.339 e. The van der Waals surface area contributed by atoms with Gasteiger partial charge in [-0.2, -0.15) is 0 Å². The van der Waals surface area contributed by atoms with Gasteiger partial charge in [-0.05, 0) is 36.6 Å². The highest BCUT2D eigenvalue weighted by molar-refractivity contribution is 7.14. The van der Waals surface area contributed by atoms with Gasteiger partial charge >= 0.3 is 5.97 Å². The Morgan fingerprint density at radius 3 is 2.03 bits per heavy atom. The van der Waals surface area contributed by atoms with Crippen molar-refractivity contribution in [1.29, 1.82) is 0 Å². The molecule has 1 heterocycles. The van der Waals surface area contributed by atoms with Crippen molar-refractivity contribution in [2.75, 3.05) is 16.0 Å². The molecule has 0 spiro atoms. The predicted octanol–water partition coefficient (Wildman–Crippen LogP) is 1.95. The molecule has 1 unspecified atom stereocenters. The summed E-state index contributed by atoms with van der Waals surface area (Å²) in [6, 6.07) is 5.64. The lowest BCUT2D eigenvalue weighted by Crippen LogP contribution is -2.30. The van der Waals surface area contributed by atoms with Crippen LogP contribution in [0, 0.1) is 0 Å². The van der Waals surface area contributed by atoms with E-state index in [-0.39, 0.29) is 39.3 Å². The van der Waals surface area contributed by atoms with Crippen LogP contribution in [0.2, 0.25) is 0 Å². The third-order valence-corrected chi connectivity index (χ3v) is 4.46. The monoisotopic (exact) mass is 432 g/mol. The summed E-state index contributed by atoms with van der Waals surface area (Å²) in [5, 5.41) is 9.36. The number of carbonyl (C=O) groups excluding carboxylic acids is 5. The van der Waals surface area contributed by atoms with Gasteiger partial charge < -0.3 is 26.4 Å². The number of hydrogen-bond acceptors (Lipinski definition) is 7. The summed E-state index contributed by atoms with van der Waals surface area (Å²) in [4.78, 5) is 58.8. The normalized spacial score (nSPS) is 11.2. The van der Waals surface area contributed by atoms with Gasteiger partial charge in [0.1, 0.15) is 5.00 Å². The Bertz CT molecular complexity index is 982. The highest BCUT2D eigenvalue weighted by atomic mass is 32.1. The van der Waals surface area contributed by atoms with Gasteiger partial charge in [0, 0.05) is 25.2 Å². The first-order valence-electron chi connectivity index (χ1n) is 8.66. The number of benzene rings is 1. The van der Waals surface area contributed by atoms with E-state index in [1.165, 1.54) is 45.0 Å². The van der Waals surface area contributed by atoms with Crippen LogP contribution in [0.4, 0.5) is 16.4 Å². The highest BCUT2D eigenvalue weighted by Crippen LogP contribution is 2.24. The number of primary amides is 1. The molecule has 0 aliphatic heterocycles. The van der Waals surface area contributed by atoms with E-state index in [1.54, 1.807) is 5.38 Å². The molecule has 0 aliphatic carbocycles. The predicted molar refractivity (Wildman–Crippen MR) is 111 cm³/mol. The Morgan fingerprint density at radius 2 is 1.53 bits per heavy atom. The maximum Gasteiger partial charge on any atom is 0.339 e. The SMILES string of the molecule is CC(=O)Nc1cc(NC(C)=O)cc(C(=O)OC(C)C(=O)Nc2sccc2C(N)=O)c1. The molecule has 4 amide bonds. The van der Waals surface area contributed by atoms with E-state index < -0.39 is 23.9 Å². The van der Waals surface area contributed by atoms with Crippen LogP contribution in [0.25, 0.3) is 0 Å². The molecule has 0 radical (unpaired) electrons. The quantitative estimate of drug-likeness (QED) is 0.490. The van der Waals surface area contributed by atoms with E-state index in [0.29, 0.717) is 0 Å². The zero-order valence-electron chi connectivity index (χ0n) is 16.4. The van der Waals surface area contributed by atoms with Crippen molar-refractivity contribution >= 4 is 57.3 Å². The number of hydrogen-bond donors (Lipinski definition) is 4. The maximum atomic E-state index is 12.5. The lowest BCUT2D eigenvalue weighted by molar-refractivity contribution is -0.123. The molecule has 0 aliphatic rings. The minimum atomic E-state index is -1.20. The van der Waals surface area contributed by atoms with Crippen LogP contribution in [0.3, 0.4) is 0 Å². The van der Waals surface area contributed by atoms with Crippen molar-refractivity contribution < 1.29 is 28.7 Å². The second kappa shape index (κ2) is 9.65. The molecule has 0 fully saturated rings. The molecule has 5 N–H and O–H groups in total. The fourth-order valence-corrected chi connectivity index (χ4v) is 3.19. The van der Waals surface area contributed by atoms with Crippen LogP contribution in [-0.2, 0) is 19.1 Å². The lowest BCUT2D eigenvalue weighted by atomic mass is 10.1. The summed E-state index contributed by atoms with van der Waals surface area (Å²) in [5.74, 6) is -2.95. The molecule has 11 heteroatoms. The van der Waals surface area contributed by atoms with Crippen molar-refractivity contribution in [3.63, 3.8) is 0 Å². The average molecular weight is 432 g/mol. The lowest BCUT2D eigenvalue weighted by Gasteiger charge is -2.15. The molecule has 158 valence electrons. The van der Waals surface area contributed by atoms with Gasteiger partial charge in [-0.1, -0.05) is 0 Å². The van der Waals surface area contributed by atoms with Crippen molar-refractivity contribution in [2.24, 2.45) is 5.73 Å². The Hall–Kier alpha value is -3.73. The van der Waals surface area contributed by atoms with Crippen LogP contribution in [0.1, 0.15) is 41.5 Å². The molecule has 0 saturated carbocycles.